The smallest absolute Gasteiger partial charge is 0.279 e. The first-order chi connectivity index (χ1) is 12.5. The molecule has 0 spiro atoms. The second-order valence-electron chi connectivity index (χ2n) is 5.41. The molecule has 0 unspecified atom stereocenters. The van der Waals surface area contributed by atoms with Crippen molar-refractivity contribution in [2.75, 3.05) is 14.2 Å². The number of carbonyl (C=O) groups is 1. The summed E-state index contributed by atoms with van der Waals surface area (Å²) in [5, 5.41) is 0. The van der Waals surface area contributed by atoms with Crippen molar-refractivity contribution >= 4 is 27.5 Å². The van der Waals surface area contributed by atoms with Crippen LogP contribution in [0.25, 0.3) is 10.2 Å². The fourth-order valence-corrected chi connectivity index (χ4v) is 3.58. The third-order valence-electron chi connectivity index (χ3n) is 3.75. The Kier molecular flexibility index (Phi) is 5.18. The number of halogens is 1. The van der Waals surface area contributed by atoms with Gasteiger partial charge < -0.3 is 14.0 Å². The lowest BCUT2D eigenvalue weighted by atomic mass is 10.2. The number of ether oxygens (including phenoxy) is 2. The van der Waals surface area contributed by atoms with Gasteiger partial charge in [0.25, 0.3) is 5.91 Å². The predicted octanol–water partition coefficient (Wildman–Crippen LogP) is 3.79. The van der Waals surface area contributed by atoms with E-state index < -0.39 is 5.91 Å². The molecule has 0 bridgehead atoms. The van der Waals surface area contributed by atoms with Crippen molar-refractivity contribution in [1.82, 2.24) is 4.57 Å². The zero-order chi connectivity index (χ0) is 18.7. The van der Waals surface area contributed by atoms with E-state index in [1.165, 1.54) is 37.7 Å². The molecule has 0 radical (unpaired) electrons. The molecular formula is C19H17FN2O3S. The highest BCUT2D eigenvalue weighted by atomic mass is 32.1. The van der Waals surface area contributed by atoms with E-state index in [2.05, 4.69) is 11.6 Å². The van der Waals surface area contributed by atoms with E-state index in [0.717, 1.165) is 5.52 Å². The van der Waals surface area contributed by atoms with Gasteiger partial charge in [0.2, 0.25) is 0 Å². The van der Waals surface area contributed by atoms with E-state index in [4.69, 9.17) is 9.47 Å². The number of hydrogen-bond acceptors (Lipinski definition) is 4. The topological polar surface area (TPSA) is 52.8 Å². The third kappa shape index (κ3) is 3.52. The lowest BCUT2D eigenvalue weighted by Gasteiger charge is -2.06. The van der Waals surface area contributed by atoms with Crippen LogP contribution in [0.1, 0.15) is 10.4 Å². The van der Waals surface area contributed by atoms with Crippen molar-refractivity contribution in [2.45, 2.75) is 6.54 Å². The molecule has 0 fully saturated rings. The van der Waals surface area contributed by atoms with Gasteiger partial charge in [-0.05, 0) is 30.3 Å². The van der Waals surface area contributed by atoms with Gasteiger partial charge in [-0.3, -0.25) is 4.79 Å². The minimum absolute atomic E-state index is 0.333. The molecule has 0 N–H and O–H groups in total. The first-order valence-corrected chi connectivity index (χ1v) is 8.59. The van der Waals surface area contributed by atoms with Crippen molar-refractivity contribution < 1.29 is 18.7 Å². The summed E-state index contributed by atoms with van der Waals surface area (Å²) in [6, 6.07) is 9.35. The molecule has 7 heteroatoms. The SMILES string of the molecule is C=CCn1c(=NC(=O)c2cc(OC)cc(OC)c2)sc2cc(F)ccc21. The van der Waals surface area contributed by atoms with Crippen LogP contribution in [0.5, 0.6) is 11.5 Å². The normalized spacial score (nSPS) is 11.6. The number of aromatic nitrogens is 1. The summed E-state index contributed by atoms with van der Waals surface area (Å²) >= 11 is 1.25. The van der Waals surface area contributed by atoms with Gasteiger partial charge in [-0.1, -0.05) is 17.4 Å². The Morgan fingerprint density at radius 2 is 1.92 bits per heavy atom. The highest BCUT2D eigenvalue weighted by molar-refractivity contribution is 7.16. The Morgan fingerprint density at radius 3 is 2.54 bits per heavy atom. The molecular weight excluding hydrogens is 355 g/mol. The van der Waals surface area contributed by atoms with Crippen molar-refractivity contribution in [3.8, 4) is 11.5 Å². The van der Waals surface area contributed by atoms with Gasteiger partial charge in [0.05, 0.1) is 24.4 Å². The number of fused-ring (bicyclic) bond motifs is 1. The molecule has 0 aliphatic rings. The van der Waals surface area contributed by atoms with E-state index >= 15 is 0 Å². The van der Waals surface area contributed by atoms with Gasteiger partial charge in [-0.2, -0.15) is 4.99 Å². The number of allylic oxidation sites excluding steroid dienone is 1. The lowest BCUT2D eigenvalue weighted by Crippen LogP contribution is -2.16. The Labute approximate surface area is 153 Å². The van der Waals surface area contributed by atoms with Gasteiger partial charge in [0, 0.05) is 18.2 Å². The quantitative estimate of drug-likeness (QED) is 0.641. The summed E-state index contributed by atoms with van der Waals surface area (Å²) < 4.78 is 26.4. The number of rotatable bonds is 5. The van der Waals surface area contributed by atoms with Crippen LogP contribution in [0.3, 0.4) is 0 Å². The van der Waals surface area contributed by atoms with Gasteiger partial charge in [0.15, 0.2) is 4.80 Å². The summed E-state index contributed by atoms with van der Waals surface area (Å²) in [6.45, 7) is 4.19. The molecule has 0 aliphatic heterocycles. The zero-order valence-corrected chi connectivity index (χ0v) is 15.2. The first kappa shape index (κ1) is 17.9. The maximum atomic E-state index is 13.5. The number of nitrogens with zero attached hydrogens (tertiary/aromatic N) is 2. The summed E-state index contributed by atoms with van der Waals surface area (Å²) in [6.07, 6.45) is 1.70. The highest BCUT2D eigenvalue weighted by Gasteiger charge is 2.12. The van der Waals surface area contributed by atoms with Crippen LogP contribution >= 0.6 is 11.3 Å². The molecule has 1 heterocycles. The van der Waals surface area contributed by atoms with Gasteiger partial charge in [0.1, 0.15) is 17.3 Å². The zero-order valence-electron chi connectivity index (χ0n) is 14.4. The maximum absolute atomic E-state index is 13.5. The molecule has 26 heavy (non-hydrogen) atoms. The fourth-order valence-electron chi connectivity index (χ4n) is 2.52. The molecule has 0 aliphatic carbocycles. The maximum Gasteiger partial charge on any atom is 0.279 e. The van der Waals surface area contributed by atoms with Crippen molar-refractivity contribution in [3.63, 3.8) is 0 Å². The number of benzene rings is 2. The lowest BCUT2D eigenvalue weighted by molar-refractivity contribution is 0.0997. The number of thiazole rings is 1. The molecule has 3 rings (SSSR count). The van der Waals surface area contributed by atoms with Crippen LogP contribution in [0.2, 0.25) is 0 Å². The van der Waals surface area contributed by atoms with Crippen molar-refractivity contribution in [2.24, 2.45) is 4.99 Å². The second-order valence-corrected chi connectivity index (χ2v) is 6.42. The van der Waals surface area contributed by atoms with Gasteiger partial charge in [-0.15, -0.1) is 6.58 Å². The predicted molar refractivity (Wildman–Crippen MR) is 99.4 cm³/mol. The summed E-state index contributed by atoms with van der Waals surface area (Å²) in [5.74, 6) is 0.229. The molecule has 1 aromatic heterocycles. The van der Waals surface area contributed by atoms with Gasteiger partial charge in [-0.25, -0.2) is 4.39 Å². The molecule has 1 amide bonds. The Balaban J connectivity index is 2.13. The van der Waals surface area contributed by atoms with E-state index in [-0.39, 0.29) is 5.82 Å². The summed E-state index contributed by atoms with van der Waals surface area (Å²) in [4.78, 5) is 17.4. The average molecular weight is 372 g/mol. The van der Waals surface area contributed by atoms with E-state index in [9.17, 15) is 9.18 Å². The van der Waals surface area contributed by atoms with E-state index in [1.54, 1.807) is 30.3 Å². The van der Waals surface area contributed by atoms with Crippen LogP contribution in [-0.2, 0) is 6.54 Å². The average Bonchev–Trinajstić information content (AvgIpc) is 2.97. The summed E-state index contributed by atoms with van der Waals surface area (Å²) in [7, 11) is 3.03. The monoisotopic (exact) mass is 372 g/mol. The van der Waals surface area contributed by atoms with Crippen LogP contribution in [0, 0.1) is 5.82 Å². The second kappa shape index (κ2) is 7.53. The Bertz CT molecular complexity index is 1030. The van der Waals surface area contributed by atoms with Crippen LogP contribution < -0.4 is 14.3 Å². The standard InChI is InChI=1S/C19H17FN2O3S/c1-4-7-22-16-6-5-13(20)10-17(16)26-19(22)21-18(23)12-8-14(24-2)11-15(9-12)25-3/h4-6,8-11H,1,7H2,2-3H3. The Hall–Kier alpha value is -2.93. The van der Waals surface area contributed by atoms with E-state index in [0.29, 0.717) is 33.1 Å². The van der Waals surface area contributed by atoms with E-state index in [1.807, 2.05) is 4.57 Å². The van der Waals surface area contributed by atoms with Crippen LogP contribution in [0.4, 0.5) is 4.39 Å². The van der Waals surface area contributed by atoms with Crippen LogP contribution in [0.15, 0.2) is 54.0 Å². The number of hydrogen-bond donors (Lipinski definition) is 0. The van der Waals surface area contributed by atoms with Gasteiger partial charge >= 0.3 is 0 Å². The number of methoxy groups -OCH3 is 2. The largest absolute Gasteiger partial charge is 0.497 e. The summed E-state index contributed by atoms with van der Waals surface area (Å²) in [5.41, 5.74) is 1.14. The Morgan fingerprint density at radius 1 is 1.23 bits per heavy atom. The molecule has 0 atom stereocenters. The number of amides is 1. The molecule has 0 saturated carbocycles. The number of carbonyl (C=O) groups excluding carboxylic acids is 1. The minimum atomic E-state index is -0.438. The van der Waals surface area contributed by atoms with Crippen molar-refractivity contribution in [3.05, 3.63) is 65.2 Å². The van der Waals surface area contributed by atoms with Crippen LogP contribution in [-0.4, -0.2) is 24.7 Å². The molecule has 5 nitrogen and oxygen atoms in total. The molecule has 134 valence electrons. The highest BCUT2D eigenvalue weighted by Crippen LogP contribution is 2.23. The third-order valence-corrected chi connectivity index (χ3v) is 4.79. The molecule has 0 saturated heterocycles. The molecule has 2 aromatic carbocycles. The first-order valence-electron chi connectivity index (χ1n) is 7.77. The fraction of sp³-hybridized carbons (Fsp3) is 0.158. The van der Waals surface area contributed by atoms with Crippen molar-refractivity contribution in [1.29, 1.82) is 0 Å². The minimum Gasteiger partial charge on any atom is -0.497 e. The molecule has 3 aromatic rings.